The Morgan fingerprint density at radius 3 is 2.61 bits per heavy atom. The van der Waals surface area contributed by atoms with E-state index in [1.165, 1.54) is 11.8 Å². The first-order valence-electron chi connectivity index (χ1n) is 5.82. The van der Waals surface area contributed by atoms with Crippen LogP contribution in [0.25, 0.3) is 0 Å². The summed E-state index contributed by atoms with van der Waals surface area (Å²) in [6.45, 7) is 2.81. The minimum atomic E-state index is -0.332. The second-order valence-corrected chi connectivity index (χ2v) is 4.51. The van der Waals surface area contributed by atoms with Crippen LogP contribution in [0.4, 0.5) is 0 Å². The number of amidine groups is 1. The average Bonchev–Trinajstić information content (AvgIpc) is 2.39. The third-order valence-electron chi connectivity index (χ3n) is 2.29. The smallest absolute Gasteiger partial charge is 0.279 e. The van der Waals surface area contributed by atoms with Crippen LogP contribution in [0.2, 0.25) is 0 Å². The van der Waals surface area contributed by atoms with Crippen molar-refractivity contribution in [3.63, 3.8) is 0 Å². The summed E-state index contributed by atoms with van der Waals surface area (Å²) in [5, 5.41) is 0.267. The molecular formula is C13H18N2O2S. The molecule has 0 heterocycles. The highest BCUT2D eigenvalue weighted by Gasteiger charge is 2.05. The zero-order chi connectivity index (χ0) is 13.4. The molecule has 0 saturated carbocycles. The number of rotatable bonds is 5. The number of thioether (sulfide) groups is 1. The Labute approximate surface area is 112 Å². The lowest BCUT2D eigenvalue weighted by atomic mass is 10.2. The van der Waals surface area contributed by atoms with Crippen molar-refractivity contribution in [1.82, 2.24) is 0 Å². The monoisotopic (exact) mass is 266 g/mol. The summed E-state index contributed by atoms with van der Waals surface area (Å²) < 4.78 is 5.51. The van der Waals surface area contributed by atoms with Gasteiger partial charge in [0.2, 0.25) is 0 Å². The van der Waals surface area contributed by atoms with E-state index in [1.807, 2.05) is 0 Å². The number of unbranched alkanes of at least 4 members (excludes halogenated alkanes) is 1. The third-order valence-corrected chi connectivity index (χ3v) is 2.80. The van der Waals surface area contributed by atoms with E-state index in [-0.39, 0.29) is 11.1 Å². The first kappa shape index (κ1) is 14.6. The zero-order valence-corrected chi connectivity index (χ0v) is 11.5. The fourth-order valence-corrected chi connectivity index (χ4v) is 1.41. The van der Waals surface area contributed by atoms with E-state index in [4.69, 9.17) is 10.5 Å². The van der Waals surface area contributed by atoms with Crippen molar-refractivity contribution in [1.29, 1.82) is 0 Å². The van der Waals surface area contributed by atoms with Crippen molar-refractivity contribution in [2.24, 2.45) is 10.7 Å². The van der Waals surface area contributed by atoms with Crippen molar-refractivity contribution in [3.05, 3.63) is 29.8 Å². The van der Waals surface area contributed by atoms with Gasteiger partial charge in [-0.05, 0) is 36.9 Å². The number of hydrogen-bond acceptors (Lipinski definition) is 3. The van der Waals surface area contributed by atoms with Crippen LogP contribution in [0.1, 0.15) is 30.1 Å². The van der Waals surface area contributed by atoms with Gasteiger partial charge < -0.3 is 10.5 Å². The second kappa shape index (κ2) is 7.76. The van der Waals surface area contributed by atoms with Gasteiger partial charge in [-0.25, -0.2) is 0 Å². The van der Waals surface area contributed by atoms with E-state index in [0.717, 1.165) is 18.6 Å². The standard InChI is InChI=1S/C13H18N2O2S/c1-3-4-9-17-11-7-5-10(6-8-11)12(16)15-13(14)18-2/h5-8H,3-4,9H2,1-2H3,(H2,14,15,16). The summed E-state index contributed by atoms with van der Waals surface area (Å²) in [5.74, 6) is 0.434. The maximum atomic E-state index is 11.7. The van der Waals surface area contributed by atoms with Crippen LogP contribution < -0.4 is 10.5 Å². The molecule has 1 aromatic rings. The van der Waals surface area contributed by atoms with E-state index in [0.29, 0.717) is 12.2 Å². The molecule has 1 amide bonds. The molecule has 0 aliphatic carbocycles. The van der Waals surface area contributed by atoms with Gasteiger partial charge in [-0.3, -0.25) is 4.79 Å². The van der Waals surface area contributed by atoms with E-state index in [1.54, 1.807) is 30.5 Å². The van der Waals surface area contributed by atoms with E-state index >= 15 is 0 Å². The molecule has 0 aliphatic rings. The molecule has 0 spiro atoms. The number of benzene rings is 1. The molecule has 2 N–H and O–H groups in total. The molecule has 1 aromatic carbocycles. The fourth-order valence-electron chi connectivity index (χ4n) is 1.24. The topological polar surface area (TPSA) is 64.7 Å². The number of nitrogens with two attached hydrogens (primary N) is 1. The number of carbonyl (C=O) groups is 1. The number of amides is 1. The molecular weight excluding hydrogens is 248 g/mol. The van der Waals surface area contributed by atoms with Crippen LogP contribution in [0, 0.1) is 0 Å². The molecule has 0 aliphatic heterocycles. The molecule has 0 aromatic heterocycles. The molecule has 18 heavy (non-hydrogen) atoms. The van der Waals surface area contributed by atoms with E-state index < -0.39 is 0 Å². The van der Waals surface area contributed by atoms with Crippen LogP contribution in [-0.4, -0.2) is 23.9 Å². The SMILES string of the molecule is CCCCOc1ccc(C(=O)N=C(N)SC)cc1. The van der Waals surface area contributed by atoms with Crippen LogP contribution in [-0.2, 0) is 0 Å². The molecule has 1 rings (SSSR count). The molecule has 0 atom stereocenters. The van der Waals surface area contributed by atoms with Gasteiger partial charge in [-0.2, -0.15) is 4.99 Å². The van der Waals surface area contributed by atoms with Gasteiger partial charge in [0.15, 0.2) is 5.17 Å². The van der Waals surface area contributed by atoms with E-state index in [2.05, 4.69) is 11.9 Å². The average molecular weight is 266 g/mol. The number of nitrogens with zero attached hydrogens (tertiary/aromatic N) is 1. The third kappa shape index (κ3) is 4.79. The number of ether oxygens (including phenoxy) is 1. The quantitative estimate of drug-likeness (QED) is 0.505. The van der Waals surface area contributed by atoms with Gasteiger partial charge in [-0.15, -0.1) is 0 Å². The van der Waals surface area contributed by atoms with Gasteiger partial charge in [0.1, 0.15) is 5.75 Å². The number of carbonyl (C=O) groups excluding carboxylic acids is 1. The maximum absolute atomic E-state index is 11.7. The number of aliphatic imine (C=N–C) groups is 1. The van der Waals surface area contributed by atoms with Crippen molar-refractivity contribution in [2.45, 2.75) is 19.8 Å². The van der Waals surface area contributed by atoms with Crippen molar-refractivity contribution in [3.8, 4) is 5.75 Å². The number of hydrogen-bond donors (Lipinski definition) is 1. The summed E-state index contributed by atoms with van der Waals surface area (Å²) in [6.07, 6.45) is 3.89. The van der Waals surface area contributed by atoms with Gasteiger partial charge in [0.05, 0.1) is 6.61 Å². The fraction of sp³-hybridized carbons (Fsp3) is 0.385. The van der Waals surface area contributed by atoms with Crippen LogP contribution in [0.3, 0.4) is 0 Å². The highest BCUT2D eigenvalue weighted by atomic mass is 32.2. The van der Waals surface area contributed by atoms with Gasteiger partial charge in [0, 0.05) is 5.56 Å². The van der Waals surface area contributed by atoms with Gasteiger partial charge in [-0.1, -0.05) is 25.1 Å². The highest BCUT2D eigenvalue weighted by molar-refractivity contribution is 8.13. The molecule has 0 fully saturated rings. The van der Waals surface area contributed by atoms with E-state index in [9.17, 15) is 4.79 Å². The molecule has 0 bridgehead atoms. The minimum Gasteiger partial charge on any atom is -0.494 e. The van der Waals surface area contributed by atoms with Crippen molar-refractivity contribution >= 4 is 22.8 Å². The Morgan fingerprint density at radius 1 is 1.39 bits per heavy atom. The lowest BCUT2D eigenvalue weighted by molar-refractivity contribution is 0.100. The largest absolute Gasteiger partial charge is 0.494 e. The lowest BCUT2D eigenvalue weighted by Crippen LogP contribution is -2.09. The first-order valence-corrected chi connectivity index (χ1v) is 7.05. The Morgan fingerprint density at radius 2 is 2.06 bits per heavy atom. The zero-order valence-electron chi connectivity index (χ0n) is 10.7. The Hall–Kier alpha value is -1.49. The molecule has 98 valence electrons. The molecule has 0 unspecified atom stereocenters. The summed E-state index contributed by atoms with van der Waals surface area (Å²) in [4.78, 5) is 15.4. The predicted molar refractivity (Wildman–Crippen MR) is 76.3 cm³/mol. The predicted octanol–water partition coefficient (Wildman–Crippen LogP) is 2.68. The van der Waals surface area contributed by atoms with Crippen molar-refractivity contribution < 1.29 is 9.53 Å². The Bertz CT molecular complexity index is 416. The molecule has 0 saturated heterocycles. The molecule has 4 nitrogen and oxygen atoms in total. The Kier molecular flexibility index (Phi) is 6.28. The maximum Gasteiger partial charge on any atom is 0.279 e. The first-order chi connectivity index (χ1) is 8.67. The highest BCUT2D eigenvalue weighted by Crippen LogP contribution is 2.13. The Balaban J connectivity index is 2.62. The lowest BCUT2D eigenvalue weighted by Gasteiger charge is -2.05. The summed E-state index contributed by atoms with van der Waals surface area (Å²) in [7, 11) is 0. The molecule has 5 heteroatoms. The van der Waals surface area contributed by atoms with Gasteiger partial charge in [0.25, 0.3) is 5.91 Å². The minimum absolute atomic E-state index is 0.267. The van der Waals surface area contributed by atoms with Crippen molar-refractivity contribution in [2.75, 3.05) is 12.9 Å². The van der Waals surface area contributed by atoms with Crippen LogP contribution in [0.5, 0.6) is 5.75 Å². The summed E-state index contributed by atoms with van der Waals surface area (Å²) >= 11 is 1.25. The van der Waals surface area contributed by atoms with Crippen LogP contribution >= 0.6 is 11.8 Å². The van der Waals surface area contributed by atoms with Crippen LogP contribution in [0.15, 0.2) is 29.3 Å². The van der Waals surface area contributed by atoms with Gasteiger partial charge >= 0.3 is 0 Å². The molecule has 0 radical (unpaired) electrons. The second-order valence-electron chi connectivity index (χ2n) is 3.69. The summed E-state index contributed by atoms with van der Waals surface area (Å²) in [5.41, 5.74) is 6.00. The summed E-state index contributed by atoms with van der Waals surface area (Å²) in [6, 6.07) is 6.93. The normalized spacial score (nSPS) is 11.3.